The van der Waals surface area contributed by atoms with Gasteiger partial charge in [-0.25, -0.2) is 4.98 Å². The molecule has 18 heavy (non-hydrogen) atoms. The topological polar surface area (TPSA) is 38.1 Å². The molecular formula is C12H12Cl2N2OS. The van der Waals surface area contributed by atoms with Gasteiger partial charge < -0.3 is 9.73 Å². The third kappa shape index (κ3) is 2.94. The van der Waals surface area contributed by atoms with Crippen LogP contribution < -0.4 is 5.32 Å². The van der Waals surface area contributed by atoms with E-state index in [4.69, 9.17) is 27.6 Å². The fourth-order valence-electron chi connectivity index (χ4n) is 1.40. The molecule has 3 nitrogen and oxygen atoms in total. The van der Waals surface area contributed by atoms with Crippen molar-refractivity contribution >= 4 is 40.8 Å². The van der Waals surface area contributed by atoms with Gasteiger partial charge in [0.15, 0.2) is 0 Å². The SMILES string of the molecule is CCNc1nc(Sc2ccoc2C)c(Cl)cc1Cl. The number of furan rings is 1. The maximum absolute atomic E-state index is 6.14. The van der Waals surface area contributed by atoms with Crippen molar-refractivity contribution in [3.63, 3.8) is 0 Å². The molecule has 0 aliphatic heterocycles. The average molecular weight is 303 g/mol. The fourth-order valence-corrected chi connectivity index (χ4v) is 2.75. The summed E-state index contributed by atoms with van der Waals surface area (Å²) in [6, 6.07) is 3.59. The summed E-state index contributed by atoms with van der Waals surface area (Å²) >= 11 is 13.7. The summed E-state index contributed by atoms with van der Waals surface area (Å²) in [7, 11) is 0. The van der Waals surface area contributed by atoms with Gasteiger partial charge in [-0.1, -0.05) is 35.0 Å². The molecule has 0 aliphatic rings. The standard InChI is InChI=1S/C12H12Cl2N2OS/c1-3-15-11-8(13)6-9(14)12(16-11)18-10-4-5-17-7(10)2/h4-6H,3H2,1-2H3,(H,15,16). The summed E-state index contributed by atoms with van der Waals surface area (Å²) < 4.78 is 5.24. The van der Waals surface area contributed by atoms with Crippen molar-refractivity contribution in [2.75, 3.05) is 11.9 Å². The smallest absolute Gasteiger partial charge is 0.146 e. The predicted octanol–water partition coefficient (Wildman–Crippen LogP) is 4.87. The largest absolute Gasteiger partial charge is 0.468 e. The molecule has 0 radical (unpaired) electrons. The van der Waals surface area contributed by atoms with E-state index in [0.29, 0.717) is 20.9 Å². The van der Waals surface area contributed by atoms with Crippen LogP contribution in [0.4, 0.5) is 5.82 Å². The lowest BCUT2D eigenvalue weighted by Crippen LogP contribution is -2.00. The molecular weight excluding hydrogens is 291 g/mol. The highest BCUT2D eigenvalue weighted by Crippen LogP contribution is 2.37. The molecule has 0 unspecified atom stereocenters. The van der Waals surface area contributed by atoms with E-state index < -0.39 is 0 Å². The lowest BCUT2D eigenvalue weighted by Gasteiger charge is -2.09. The van der Waals surface area contributed by atoms with Gasteiger partial charge in [-0.2, -0.15) is 0 Å². The van der Waals surface area contributed by atoms with Crippen molar-refractivity contribution in [2.24, 2.45) is 0 Å². The van der Waals surface area contributed by atoms with E-state index >= 15 is 0 Å². The van der Waals surface area contributed by atoms with Gasteiger partial charge in [-0.15, -0.1) is 0 Å². The summed E-state index contributed by atoms with van der Waals surface area (Å²) in [5.74, 6) is 1.49. The molecule has 96 valence electrons. The quantitative estimate of drug-likeness (QED) is 0.874. The van der Waals surface area contributed by atoms with Crippen molar-refractivity contribution in [2.45, 2.75) is 23.8 Å². The first kappa shape index (κ1) is 13.6. The Hall–Kier alpha value is -0.840. The van der Waals surface area contributed by atoms with Crippen LogP contribution in [0.15, 0.2) is 32.7 Å². The van der Waals surface area contributed by atoms with E-state index in [1.807, 2.05) is 19.9 Å². The van der Waals surface area contributed by atoms with Gasteiger partial charge in [0.1, 0.15) is 16.6 Å². The molecule has 0 amide bonds. The Morgan fingerprint density at radius 3 is 2.78 bits per heavy atom. The van der Waals surface area contributed by atoms with E-state index in [0.717, 1.165) is 17.2 Å². The molecule has 0 saturated heterocycles. The molecule has 0 spiro atoms. The first-order chi connectivity index (χ1) is 8.61. The first-order valence-electron chi connectivity index (χ1n) is 5.43. The Labute approximate surface area is 120 Å². The van der Waals surface area contributed by atoms with Crippen LogP contribution >= 0.6 is 35.0 Å². The Morgan fingerprint density at radius 1 is 1.39 bits per heavy atom. The number of nitrogens with zero attached hydrogens (tertiary/aromatic N) is 1. The van der Waals surface area contributed by atoms with E-state index in [1.165, 1.54) is 11.8 Å². The molecule has 0 aromatic carbocycles. The summed E-state index contributed by atoms with van der Waals surface area (Å²) in [4.78, 5) is 5.42. The van der Waals surface area contributed by atoms with Gasteiger partial charge in [0.2, 0.25) is 0 Å². The van der Waals surface area contributed by atoms with Crippen LogP contribution in [-0.2, 0) is 0 Å². The van der Waals surface area contributed by atoms with Gasteiger partial charge in [-0.05, 0) is 26.0 Å². The number of anilines is 1. The number of aryl methyl sites for hydroxylation is 1. The summed E-state index contributed by atoms with van der Waals surface area (Å²) in [6.45, 7) is 4.64. The predicted molar refractivity (Wildman–Crippen MR) is 76.0 cm³/mol. The zero-order chi connectivity index (χ0) is 13.1. The van der Waals surface area contributed by atoms with E-state index in [-0.39, 0.29) is 0 Å². The van der Waals surface area contributed by atoms with Crippen LogP contribution in [-0.4, -0.2) is 11.5 Å². The minimum absolute atomic E-state index is 0.523. The van der Waals surface area contributed by atoms with Gasteiger partial charge in [-0.3, -0.25) is 0 Å². The molecule has 0 saturated carbocycles. The van der Waals surface area contributed by atoms with Crippen LogP contribution in [0, 0.1) is 6.92 Å². The molecule has 6 heteroatoms. The third-order valence-electron chi connectivity index (χ3n) is 2.26. The lowest BCUT2D eigenvalue weighted by molar-refractivity contribution is 0.527. The van der Waals surface area contributed by atoms with Crippen molar-refractivity contribution in [3.05, 3.63) is 34.2 Å². The number of pyridine rings is 1. The number of nitrogens with one attached hydrogen (secondary N) is 1. The van der Waals surface area contributed by atoms with Crippen LogP contribution in [0.3, 0.4) is 0 Å². The second kappa shape index (κ2) is 5.87. The van der Waals surface area contributed by atoms with Gasteiger partial charge in [0, 0.05) is 6.54 Å². The average Bonchev–Trinajstić information content (AvgIpc) is 2.71. The van der Waals surface area contributed by atoms with E-state index in [2.05, 4.69) is 10.3 Å². The van der Waals surface area contributed by atoms with Crippen molar-refractivity contribution in [1.82, 2.24) is 4.98 Å². The van der Waals surface area contributed by atoms with Gasteiger partial charge in [0.05, 0.1) is 21.2 Å². The van der Waals surface area contributed by atoms with Gasteiger partial charge >= 0.3 is 0 Å². The highest BCUT2D eigenvalue weighted by molar-refractivity contribution is 7.99. The van der Waals surface area contributed by atoms with Gasteiger partial charge in [0.25, 0.3) is 0 Å². The molecule has 2 aromatic rings. The third-order valence-corrected chi connectivity index (χ3v) is 4.10. The maximum Gasteiger partial charge on any atom is 0.146 e. The number of halogens is 2. The number of aromatic nitrogens is 1. The lowest BCUT2D eigenvalue weighted by atomic mass is 10.4. The summed E-state index contributed by atoms with van der Waals surface area (Å²) in [5.41, 5.74) is 0. The number of hydrogen-bond acceptors (Lipinski definition) is 4. The van der Waals surface area contributed by atoms with Crippen LogP contribution in [0.1, 0.15) is 12.7 Å². The molecule has 1 N–H and O–H groups in total. The Kier molecular flexibility index (Phi) is 4.43. The molecule has 0 atom stereocenters. The maximum atomic E-state index is 6.14. The van der Waals surface area contributed by atoms with E-state index in [1.54, 1.807) is 12.3 Å². The second-order valence-electron chi connectivity index (χ2n) is 3.58. The first-order valence-corrected chi connectivity index (χ1v) is 7.01. The highest BCUT2D eigenvalue weighted by atomic mass is 35.5. The highest BCUT2D eigenvalue weighted by Gasteiger charge is 2.12. The Morgan fingerprint density at radius 2 is 2.17 bits per heavy atom. The van der Waals surface area contributed by atoms with Crippen LogP contribution in [0.25, 0.3) is 0 Å². The van der Waals surface area contributed by atoms with Crippen molar-refractivity contribution in [1.29, 1.82) is 0 Å². The molecule has 2 aromatic heterocycles. The minimum atomic E-state index is 0.523. The zero-order valence-corrected chi connectivity index (χ0v) is 12.3. The molecule has 2 rings (SSSR count). The molecule has 2 heterocycles. The molecule has 0 aliphatic carbocycles. The van der Waals surface area contributed by atoms with Crippen LogP contribution in [0.5, 0.6) is 0 Å². The second-order valence-corrected chi connectivity index (χ2v) is 5.42. The summed E-state index contributed by atoms with van der Waals surface area (Å²) in [6.07, 6.45) is 1.65. The monoisotopic (exact) mass is 302 g/mol. The zero-order valence-electron chi connectivity index (χ0n) is 9.96. The number of rotatable bonds is 4. The summed E-state index contributed by atoms with van der Waals surface area (Å²) in [5, 5.41) is 4.87. The van der Waals surface area contributed by atoms with Crippen molar-refractivity contribution < 1.29 is 4.42 Å². The van der Waals surface area contributed by atoms with Crippen molar-refractivity contribution in [3.8, 4) is 0 Å². The Balaban J connectivity index is 2.32. The molecule has 0 fully saturated rings. The minimum Gasteiger partial charge on any atom is -0.468 e. The van der Waals surface area contributed by atoms with E-state index in [9.17, 15) is 0 Å². The van der Waals surface area contributed by atoms with Crippen LogP contribution in [0.2, 0.25) is 10.0 Å². The normalized spacial score (nSPS) is 10.7. The number of hydrogen-bond donors (Lipinski definition) is 1. The Bertz CT molecular complexity index is 557. The molecule has 0 bridgehead atoms. The fraction of sp³-hybridized carbons (Fsp3) is 0.250.